The molecule has 0 saturated carbocycles. The third kappa shape index (κ3) is 3.23. The van der Waals surface area contributed by atoms with Gasteiger partial charge in [-0.25, -0.2) is 4.98 Å². The molecule has 8 heteroatoms. The first-order valence-corrected chi connectivity index (χ1v) is 8.98. The zero-order valence-electron chi connectivity index (χ0n) is 13.2. The van der Waals surface area contributed by atoms with Gasteiger partial charge in [0.05, 0.1) is 6.20 Å². The van der Waals surface area contributed by atoms with Gasteiger partial charge in [-0.05, 0) is 36.3 Å². The van der Waals surface area contributed by atoms with E-state index in [1.165, 1.54) is 6.42 Å². The van der Waals surface area contributed by atoms with Crippen molar-refractivity contribution in [2.45, 2.75) is 19.4 Å². The molecular weight excluding hydrogens is 322 g/mol. The summed E-state index contributed by atoms with van der Waals surface area (Å²) in [4.78, 5) is 10.6. The monoisotopic (exact) mass is 341 g/mol. The van der Waals surface area contributed by atoms with Crippen molar-refractivity contribution in [3.8, 4) is 11.3 Å². The van der Waals surface area contributed by atoms with E-state index in [2.05, 4.69) is 42.0 Å². The van der Waals surface area contributed by atoms with Crippen LogP contribution in [0.4, 0.5) is 11.8 Å². The van der Waals surface area contributed by atoms with Crippen LogP contribution in [0.1, 0.15) is 12.8 Å². The quantitative estimate of drug-likeness (QED) is 0.783. The minimum atomic E-state index is 0.325. The Balaban J connectivity index is 1.43. The number of piperidine rings is 1. The Labute approximate surface area is 144 Å². The Hall–Kier alpha value is -2.48. The van der Waals surface area contributed by atoms with Crippen LogP contribution in [0.15, 0.2) is 35.3 Å². The summed E-state index contributed by atoms with van der Waals surface area (Å²) in [5.41, 5.74) is 7.77. The molecule has 124 valence electrons. The van der Waals surface area contributed by atoms with Gasteiger partial charge in [0.2, 0.25) is 5.95 Å². The second-order valence-electron chi connectivity index (χ2n) is 6.07. The zero-order valence-corrected chi connectivity index (χ0v) is 14.1. The van der Waals surface area contributed by atoms with Crippen LogP contribution in [-0.4, -0.2) is 38.1 Å². The highest BCUT2D eigenvalue weighted by molar-refractivity contribution is 7.08. The third-order valence-corrected chi connectivity index (χ3v) is 4.99. The summed E-state index contributed by atoms with van der Waals surface area (Å²) < 4.78 is 1.95. The maximum absolute atomic E-state index is 5.70. The van der Waals surface area contributed by atoms with Crippen LogP contribution in [0.25, 0.3) is 11.3 Å². The number of nitrogen functional groups attached to an aromatic ring is 1. The van der Waals surface area contributed by atoms with E-state index < -0.39 is 0 Å². The van der Waals surface area contributed by atoms with Crippen LogP contribution in [0.5, 0.6) is 0 Å². The number of nitrogens with zero attached hydrogens (tertiary/aromatic N) is 6. The van der Waals surface area contributed by atoms with Crippen LogP contribution in [0, 0.1) is 5.92 Å². The third-order valence-electron chi connectivity index (χ3n) is 4.30. The molecule has 4 rings (SSSR count). The number of hydrogen-bond donors (Lipinski definition) is 1. The first-order chi connectivity index (χ1) is 11.8. The Bertz CT molecular complexity index is 798. The molecule has 1 aliphatic rings. The van der Waals surface area contributed by atoms with Gasteiger partial charge in [-0.3, -0.25) is 4.68 Å². The summed E-state index contributed by atoms with van der Waals surface area (Å²) in [6, 6.07) is 3.99. The van der Waals surface area contributed by atoms with Crippen molar-refractivity contribution in [2.75, 3.05) is 23.7 Å². The Morgan fingerprint density at radius 3 is 3.12 bits per heavy atom. The molecule has 3 aromatic rings. The second kappa shape index (κ2) is 6.56. The van der Waals surface area contributed by atoms with Crippen LogP contribution >= 0.6 is 11.3 Å². The van der Waals surface area contributed by atoms with E-state index in [1.54, 1.807) is 17.5 Å². The van der Waals surface area contributed by atoms with Crippen molar-refractivity contribution in [1.29, 1.82) is 0 Å². The molecule has 4 heterocycles. The van der Waals surface area contributed by atoms with Gasteiger partial charge in [0.25, 0.3) is 0 Å². The van der Waals surface area contributed by atoms with Crippen molar-refractivity contribution in [2.24, 2.45) is 5.92 Å². The summed E-state index contributed by atoms with van der Waals surface area (Å²) in [6.45, 7) is 2.82. The van der Waals surface area contributed by atoms with Crippen LogP contribution in [0.3, 0.4) is 0 Å². The number of hydrogen-bond acceptors (Lipinski definition) is 7. The lowest BCUT2D eigenvalue weighted by atomic mass is 9.98. The maximum atomic E-state index is 5.70. The standard InChI is InChI=1S/C16H19N7S/c17-16-18-5-3-15(19-16)22-6-1-2-12(8-22)9-23-10-14(20-21-23)13-4-7-24-11-13/h3-5,7,10-12H,1-2,6,8-9H2,(H2,17,18,19). The molecule has 1 saturated heterocycles. The van der Waals surface area contributed by atoms with Crippen molar-refractivity contribution in [3.63, 3.8) is 0 Å². The fourth-order valence-corrected chi connectivity index (χ4v) is 3.81. The van der Waals surface area contributed by atoms with E-state index in [-0.39, 0.29) is 0 Å². The predicted molar refractivity (Wildman–Crippen MR) is 94.7 cm³/mol. The van der Waals surface area contributed by atoms with Crippen molar-refractivity contribution in [3.05, 3.63) is 35.3 Å². The van der Waals surface area contributed by atoms with Gasteiger partial charge in [-0.15, -0.1) is 5.10 Å². The predicted octanol–water partition coefficient (Wildman–Crippen LogP) is 2.30. The van der Waals surface area contributed by atoms with Crippen molar-refractivity contribution in [1.82, 2.24) is 25.0 Å². The van der Waals surface area contributed by atoms with Gasteiger partial charge in [0, 0.05) is 36.8 Å². The Morgan fingerprint density at radius 1 is 1.33 bits per heavy atom. The molecule has 1 unspecified atom stereocenters. The average Bonchev–Trinajstić information content (AvgIpc) is 3.26. The van der Waals surface area contributed by atoms with Gasteiger partial charge in [-0.1, -0.05) is 5.21 Å². The summed E-state index contributed by atoms with van der Waals surface area (Å²) in [7, 11) is 0. The molecular formula is C16H19N7S. The molecule has 7 nitrogen and oxygen atoms in total. The van der Waals surface area contributed by atoms with Gasteiger partial charge >= 0.3 is 0 Å². The Morgan fingerprint density at radius 2 is 2.29 bits per heavy atom. The van der Waals surface area contributed by atoms with E-state index in [4.69, 9.17) is 5.73 Å². The van der Waals surface area contributed by atoms with Crippen LogP contribution < -0.4 is 10.6 Å². The second-order valence-corrected chi connectivity index (χ2v) is 6.85. The summed E-state index contributed by atoms with van der Waals surface area (Å²) in [5, 5.41) is 12.7. The largest absolute Gasteiger partial charge is 0.368 e. The van der Waals surface area contributed by atoms with E-state index >= 15 is 0 Å². The lowest BCUT2D eigenvalue weighted by Crippen LogP contribution is -2.37. The summed E-state index contributed by atoms with van der Waals surface area (Å²) >= 11 is 1.67. The van der Waals surface area contributed by atoms with E-state index in [0.29, 0.717) is 11.9 Å². The number of nitrogens with two attached hydrogens (primary N) is 1. The Kier molecular flexibility index (Phi) is 4.12. The molecule has 2 N–H and O–H groups in total. The minimum absolute atomic E-state index is 0.325. The lowest BCUT2D eigenvalue weighted by molar-refractivity contribution is 0.347. The molecule has 0 spiro atoms. The molecule has 24 heavy (non-hydrogen) atoms. The number of rotatable bonds is 4. The highest BCUT2D eigenvalue weighted by Gasteiger charge is 2.22. The molecule has 0 amide bonds. The number of thiophene rings is 1. The van der Waals surface area contributed by atoms with Gasteiger partial charge in [-0.2, -0.15) is 16.3 Å². The molecule has 0 radical (unpaired) electrons. The zero-order chi connectivity index (χ0) is 16.4. The lowest BCUT2D eigenvalue weighted by Gasteiger charge is -2.33. The fourth-order valence-electron chi connectivity index (χ4n) is 3.16. The molecule has 1 fully saturated rings. The smallest absolute Gasteiger partial charge is 0.221 e. The first-order valence-electron chi connectivity index (χ1n) is 8.04. The van der Waals surface area contributed by atoms with Gasteiger partial charge < -0.3 is 10.6 Å². The topological polar surface area (TPSA) is 85.8 Å². The molecule has 0 aromatic carbocycles. The van der Waals surface area contributed by atoms with E-state index in [1.807, 2.05) is 16.9 Å². The SMILES string of the molecule is Nc1nccc(N2CCCC(Cn3cc(-c4ccsc4)nn3)C2)n1. The summed E-state index contributed by atoms with van der Waals surface area (Å²) in [5.74, 6) is 1.75. The van der Waals surface area contributed by atoms with E-state index in [9.17, 15) is 0 Å². The number of aromatic nitrogens is 5. The van der Waals surface area contributed by atoms with Crippen LogP contribution in [0.2, 0.25) is 0 Å². The molecule has 1 aliphatic heterocycles. The highest BCUT2D eigenvalue weighted by atomic mass is 32.1. The van der Waals surface area contributed by atoms with E-state index in [0.717, 1.165) is 43.1 Å². The fraction of sp³-hybridized carbons (Fsp3) is 0.375. The normalized spacial score (nSPS) is 18.0. The van der Waals surface area contributed by atoms with Gasteiger partial charge in [0.1, 0.15) is 11.5 Å². The number of anilines is 2. The molecule has 0 bridgehead atoms. The minimum Gasteiger partial charge on any atom is -0.368 e. The van der Waals surface area contributed by atoms with Crippen molar-refractivity contribution < 1.29 is 0 Å². The van der Waals surface area contributed by atoms with Crippen molar-refractivity contribution >= 4 is 23.1 Å². The highest BCUT2D eigenvalue weighted by Crippen LogP contribution is 2.24. The molecule has 3 aromatic heterocycles. The van der Waals surface area contributed by atoms with Gasteiger partial charge in [0.15, 0.2) is 0 Å². The molecule has 1 atom stereocenters. The first kappa shape index (κ1) is 15.1. The summed E-state index contributed by atoms with van der Waals surface area (Å²) in [6.07, 6.45) is 6.07. The average molecular weight is 341 g/mol. The van der Waals surface area contributed by atoms with Crippen LogP contribution in [-0.2, 0) is 6.54 Å². The molecule has 0 aliphatic carbocycles. The maximum Gasteiger partial charge on any atom is 0.221 e.